The van der Waals surface area contributed by atoms with E-state index < -0.39 is 5.54 Å². The quantitative estimate of drug-likeness (QED) is 0.582. The number of nitrogens with zero attached hydrogens (tertiary/aromatic N) is 2. The third kappa shape index (κ3) is 6.37. The summed E-state index contributed by atoms with van der Waals surface area (Å²) in [5.41, 5.74) is 0.597. The van der Waals surface area contributed by atoms with Crippen molar-refractivity contribution in [3.05, 3.63) is 36.0 Å². The predicted octanol–water partition coefficient (Wildman–Crippen LogP) is 3.28. The predicted molar refractivity (Wildman–Crippen MR) is 115 cm³/mol. The maximum atomic E-state index is 12.3. The van der Waals surface area contributed by atoms with E-state index in [2.05, 4.69) is 26.1 Å². The number of nitrogens with one attached hydrogen (secondary N) is 3. The molecule has 166 valence electrons. The summed E-state index contributed by atoms with van der Waals surface area (Å²) in [6.45, 7) is 2.92. The van der Waals surface area contributed by atoms with Gasteiger partial charge in [0.25, 0.3) is 0 Å². The van der Waals surface area contributed by atoms with Gasteiger partial charge in [0.05, 0.1) is 0 Å². The van der Waals surface area contributed by atoms with Gasteiger partial charge < -0.3 is 20.5 Å². The Hall–Kier alpha value is -3.23. The second-order valence-electron chi connectivity index (χ2n) is 8.00. The first-order chi connectivity index (χ1) is 14.9. The fraction of sp³-hybridized carbons (Fsp3) is 0.500. The molecule has 9 heteroatoms. The van der Waals surface area contributed by atoms with Gasteiger partial charge in [-0.15, -0.1) is 0 Å². The van der Waals surface area contributed by atoms with Crippen molar-refractivity contribution in [3.63, 3.8) is 0 Å². The number of anilines is 2. The van der Waals surface area contributed by atoms with Crippen molar-refractivity contribution in [1.29, 1.82) is 0 Å². The highest BCUT2D eigenvalue weighted by molar-refractivity contribution is 5.93. The number of rotatable bonds is 7. The molecule has 0 radical (unpaired) electrons. The zero-order valence-electron chi connectivity index (χ0n) is 18.0. The number of aryl methyl sites for hydroxylation is 1. The molecule has 3 rings (SSSR count). The van der Waals surface area contributed by atoms with Crippen LogP contribution in [0.15, 0.2) is 28.8 Å². The van der Waals surface area contributed by atoms with Crippen LogP contribution in [0.25, 0.3) is 0 Å². The van der Waals surface area contributed by atoms with Crippen molar-refractivity contribution in [3.8, 4) is 0 Å². The Balaban J connectivity index is 1.61. The van der Waals surface area contributed by atoms with Crippen LogP contribution in [0.2, 0.25) is 0 Å². The van der Waals surface area contributed by atoms with Crippen LogP contribution in [0.3, 0.4) is 0 Å². The number of hydrogen-bond donors (Lipinski definition) is 3. The highest BCUT2D eigenvalue weighted by atomic mass is 16.5. The lowest BCUT2D eigenvalue weighted by Crippen LogP contribution is -2.45. The van der Waals surface area contributed by atoms with E-state index in [1.807, 2.05) is 0 Å². The van der Waals surface area contributed by atoms with Crippen LogP contribution >= 0.6 is 0 Å². The van der Waals surface area contributed by atoms with E-state index >= 15 is 0 Å². The van der Waals surface area contributed by atoms with Gasteiger partial charge in [0, 0.05) is 38.1 Å². The van der Waals surface area contributed by atoms with Gasteiger partial charge in [-0.05, 0) is 31.0 Å². The van der Waals surface area contributed by atoms with Gasteiger partial charge in [0.15, 0.2) is 5.82 Å². The Morgan fingerprint density at radius 3 is 2.32 bits per heavy atom. The summed E-state index contributed by atoms with van der Waals surface area (Å²) in [6, 6.07) is 6.93. The van der Waals surface area contributed by atoms with Crippen LogP contribution in [0.4, 0.5) is 11.4 Å². The Morgan fingerprint density at radius 2 is 1.68 bits per heavy atom. The molecule has 1 aromatic carbocycles. The van der Waals surface area contributed by atoms with Gasteiger partial charge in [-0.2, -0.15) is 4.98 Å². The van der Waals surface area contributed by atoms with Crippen molar-refractivity contribution in [1.82, 2.24) is 15.5 Å². The fourth-order valence-electron chi connectivity index (χ4n) is 3.95. The lowest BCUT2D eigenvalue weighted by Gasteiger charge is -2.30. The van der Waals surface area contributed by atoms with Gasteiger partial charge in [-0.1, -0.05) is 36.9 Å². The van der Waals surface area contributed by atoms with Crippen LogP contribution < -0.4 is 16.0 Å². The SMILES string of the molecule is CC(=O)Nc1cccc(NC(=O)CCc2nc(C3(NC(C)=O)CCCCCC3)no2)c1. The second-order valence-corrected chi connectivity index (χ2v) is 8.00. The molecule has 0 unspecified atom stereocenters. The summed E-state index contributed by atoms with van der Waals surface area (Å²) in [4.78, 5) is 39.8. The molecule has 1 heterocycles. The van der Waals surface area contributed by atoms with Gasteiger partial charge in [-0.3, -0.25) is 14.4 Å². The average Bonchev–Trinajstić information content (AvgIpc) is 3.06. The third-order valence-corrected chi connectivity index (χ3v) is 5.30. The molecule has 0 spiro atoms. The summed E-state index contributed by atoms with van der Waals surface area (Å²) in [7, 11) is 0. The number of aromatic nitrogens is 2. The maximum Gasteiger partial charge on any atom is 0.227 e. The number of hydrogen-bond acceptors (Lipinski definition) is 6. The molecule has 1 aliphatic rings. The number of carbonyl (C=O) groups is 3. The lowest BCUT2D eigenvalue weighted by molar-refractivity contribution is -0.121. The molecule has 1 saturated carbocycles. The highest BCUT2D eigenvalue weighted by Crippen LogP contribution is 2.34. The summed E-state index contributed by atoms with van der Waals surface area (Å²) < 4.78 is 5.39. The van der Waals surface area contributed by atoms with Gasteiger partial charge in [0.2, 0.25) is 23.6 Å². The third-order valence-electron chi connectivity index (χ3n) is 5.30. The molecule has 3 N–H and O–H groups in total. The summed E-state index contributed by atoms with van der Waals surface area (Å²) >= 11 is 0. The van der Waals surface area contributed by atoms with Gasteiger partial charge in [0.1, 0.15) is 5.54 Å². The molecule has 0 aliphatic heterocycles. The number of amides is 3. The zero-order valence-corrected chi connectivity index (χ0v) is 18.0. The summed E-state index contributed by atoms with van der Waals surface area (Å²) in [6.07, 6.45) is 6.23. The fourth-order valence-corrected chi connectivity index (χ4v) is 3.95. The summed E-state index contributed by atoms with van der Waals surface area (Å²) in [5.74, 6) is 0.357. The standard InChI is InChI=1S/C22H29N5O4/c1-15(28)23-17-8-7-9-18(14-17)24-19(30)10-11-20-25-21(27-31-20)22(26-16(2)29)12-5-3-4-6-13-22/h7-9,14H,3-6,10-13H2,1-2H3,(H,23,28)(H,24,30)(H,26,29). The first-order valence-electron chi connectivity index (χ1n) is 10.7. The maximum absolute atomic E-state index is 12.3. The minimum Gasteiger partial charge on any atom is -0.343 e. The number of carbonyl (C=O) groups excluding carboxylic acids is 3. The molecule has 3 amide bonds. The molecule has 2 aromatic rings. The van der Waals surface area contributed by atoms with E-state index in [4.69, 9.17) is 4.52 Å². The van der Waals surface area contributed by atoms with Crippen LogP contribution in [-0.2, 0) is 26.3 Å². The molecule has 1 fully saturated rings. The van der Waals surface area contributed by atoms with E-state index in [1.165, 1.54) is 13.8 Å². The molecular formula is C22H29N5O4. The Labute approximate surface area is 181 Å². The normalized spacial score (nSPS) is 15.5. The smallest absolute Gasteiger partial charge is 0.227 e. The minimum absolute atomic E-state index is 0.117. The van der Waals surface area contributed by atoms with Crippen LogP contribution in [0, 0.1) is 0 Å². The number of benzene rings is 1. The zero-order chi connectivity index (χ0) is 22.3. The van der Waals surface area contributed by atoms with Crippen molar-refractivity contribution in [2.45, 2.75) is 70.8 Å². The Morgan fingerprint density at radius 1 is 1.00 bits per heavy atom. The van der Waals surface area contributed by atoms with E-state index in [-0.39, 0.29) is 24.1 Å². The molecule has 0 bridgehead atoms. The van der Waals surface area contributed by atoms with Crippen LogP contribution in [0.1, 0.15) is 70.5 Å². The molecule has 31 heavy (non-hydrogen) atoms. The minimum atomic E-state index is -0.601. The topological polar surface area (TPSA) is 126 Å². The van der Waals surface area contributed by atoms with Crippen molar-refractivity contribution < 1.29 is 18.9 Å². The molecule has 1 aromatic heterocycles. The highest BCUT2D eigenvalue weighted by Gasteiger charge is 2.38. The van der Waals surface area contributed by atoms with Gasteiger partial charge in [-0.25, -0.2) is 0 Å². The molecule has 9 nitrogen and oxygen atoms in total. The van der Waals surface area contributed by atoms with Crippen molar-refractivity contribution in [2.24, 2.45) is 0 Å². The average molecular weight is 428 g/mol. The lowest BCUT2D eigenvalue weighted by atomic mass is 9.89. The van der Waals surface area contributed by atoms with Crippen LogP contribution in [0.5, 0.6) is 0 Å². The molecular weight excluding hydrogens is 398 g/mol. The Bertz CT molecular complexity index is 931. The van der Waals surface area contributed by atoms with Crippen molar-refractivity contribution in [2.75, 3.05) is 10.6 Å². The Kier molecular flexibility index (Phi) is 7.38. The van der Waals surface area contributed by atoms with E-state index in [1.54, 1.807) is 24.3 Å². The van der Waals surface area contributed by atoms with E-state index in [0.717, 1.165) is 38.5 Å². The van der Waals surface area contributed by atoms with E-state index in [9.17, 15) is 14.4 Å². The largest absolute Gasteiger partial charge is 0.343 e. The van der Waals surface area contributed by atoms with Crippen molar-refractivity contribution >= 4 is 29.1 Å². The van der Waals surface area contributed by atoms with E-state index in [0.29, 0.717) is 29.5 Å². The molecule has 1 aliphatic carbocycles. The first kappa shape index (κ1) is 22.5. The molecule has 0 atom stereocenters. The second kappa shape index (κ2) is 10.2. The monoisotopic (exact) mass is 427 g/mol. The van der Waals surface area contributed by atoms with Crippen LogP contribution in [-0.4, -0.2) is 27.9 Å². The summed E-state index contributed by atoms with van der Waals surface area (Å²) in [5, 5.41) is 12.7. The van der Waals surface area contributed by atoms with Gasteiger partial charge >= 0.3 is 0 Å². The first-order valence-corrected chi connectivity index (χ1v) is 10.7. The molecule has 0 saturated heterocycles.